The highest BCUT2D eigenvalue weighted by Gasteiger charge is 2.16. The fourth-order valence-electron chi connectivity index (χ4n) is 1.70. The lowest BCUT2D eigenvalue weighted by Gasteiger charge is -2.03. The van der Waals surface area contributed by atoms with Crippen LogP contribution in [0.5, 0.6) is 0 Å². The number of pyridine rings is 1. The van der Waals surface area contributed by atoms with Crippen molar-refractivity contribution >= 4 is 21.6 Å². The van der Waals surface area contributed by atoms with E-state index in [-0.39, 0.29) is 6.61 Å². The number of nitrogens with one attached hydrogen (secondary N) is 1. The summed E-state index contributed by atoms with van der Waals surface area (Å²) in [6.45, 7) is 1.87. The Labute approximate surface area is 116 Å². The number of imidazole rings is 1. The Morgan fingerprint density at radius 1 is 1.50 bits per heavy atom. The van der Waals surface area contributed by atoms with Crippen LogP contribution >= 0.6 is 0 Å². The molecule has 8 heteroatoms. The van der Waals surface area contributed by atoms with Gasteiger partial charge in [-0.25, -0.2) is 18.1 Å². The second-order valence-electron chi connectivity index (χ2n) is 4.28. The summed E-state index contributed by atoms with van der Waals surface area (Å²) in [6, 6.07) is 3.82. The molecule has 0 radical (unpaired) electrons. The number of rotatable bonds is 5. The Kier molecular flexibility index (Phi) is 4.05. The summed E-state index contributed by atoms with van der Waals surface area (Å²) in [6.07, 6.45) is 3.58. The molecule has 0 aliphatic heterocycles. The number of carbonyl (C=O) groups excluding carboxylic acids is 1. The third-order valence-corrected chi connectivity index (χ3v) is 3.97. The zero-order valence-corrected chi connectivity index (χ0v) is 12.0. The van der Waals surface area contributed by atoms with Gasteiger partial charge in [0.15, 0.2) is 5.75 Å². The molecule has 7 nitrogen and oxygen atoms in total. The minimum atomic E-state index is -3.60. The maximum Gasteiger partial charge on any atom is 0.322 e. The van der Waals surface area contributed by atoms with E-state index in [0.717, 1.165) is 11.2 Å². The van der Waals surface area contributed by atoms with Crippen LogP contribution in [-0.2, 0) is 26.2 Å². The van der Waals surface area contributed by atoms with Crippen LogP contribution in [0.2, 0.25) is 0 Å². The molecular weight excluding hydrogens is 282 g/mol. The van der Waals surface area contributed by atoms with Crippen LogP contribution in [0, 0.1) is 6.92 Å². The maximum atomic E-state index is 11.4. The first-order chi connectivity index (χ1) is 9.41. The number of carbonyl (C=O) groups is 1. The van der Waals surface area contributed by atoms with Crippen molar-refractivity contribution in [3.63, 3.8) is 0 Å². The van der Waals surface area contributed by atoms with Crippen molar-refractivity contribution in [2.75, 3.05) is 12.8 Å². The molecule has 0 aliphatic rings. The van der Waals surface area contributed by atoms with Crippen LogP contribution < -0.4 is 4.72 Å². The summed E-state index contributed by atoms with van der Waals surface area (Å²) in [5.41, 5.74) is 2.35. The molecule has 0 bridgehead atoms. The molecule has 0 amide bonds. The molecule has 0 saturated carbocycles. The molecule has 0 unspecified atom stereocenters. The molecular formula is C12H15N3O4S. The van der Waals surface area contributed by atoms with E-state index in [1.165, 1.54) is 7.05 Å². The van der Waals surface area contributed by atoms with Crippen molar-refractivity contribution in [1.29, 1.82) is 0 Å². The van der Waals surface area contributed by atoms with E-state index >= 15 is 0 Å². The Morgan fingerprint density at radius 2 is 2.25 bits per heavy atom. The van der Waals surface area contributed by atoms with Gasteiger partial charge in [-0.1, -0.05) is 6.07 Å². The van der Waals surface area contributed by atoms with E-state index in [1.807, 2.05) is 29.7 Å². The lowest BCUT2D eigenvalue weighted by molar-refractivity contribution is -0.141. The summed E-state index contributed by atoms with van der Waals surface area (Å²) < 4.78 is 31.1. The lowest BCUT2D eigenvalue weighted by atomic mass is 10.3. The minimum absolute atomic E-state index is 0.0564. The van der Waals surface area contributed by atoms with Crippen LogP contribution in [0.25, 0.3) is 5.65 Å². The van der Waals surface area contributed by atoms with Crippen LogP contribution in [0.1, 0.15) is 11.3 Å². The average Bonchev–Trinajstić information content (AvgIpc) is 2.80. The van der Waals surface area contributed by atoms with Gasteiger partial charge >= 0.3 is 5.97 Å². The van der Waals surface area contributed by atoms with Crippen LogP contribution in [0.15, 0.2) is 24.5 Å². The van der Waals surface area contributed by atoms with Crippen molar-refractivity contribution in [3.05, 3.63) is 35.8 Å². The van der Waals surface area contributed by atoms with Crippen LogP contribution in [0.4, 0.5) is 0 Å². The van der Waals surface area contributed by atoms with Crippen molar-refractivity contribution in [2.45, 2.75) is 13.5 Å². The number of aromatic nitrogens is 2. The molecule has 0 fully saturated rings. The monoisotopic (exact) mass is 297 g/mol. The van der Waals surface area contributed by atoms with Gasteiger partial charge in [-0.3, -0.25) is 4.79 Å². The predicted molar refractivity (Wildman–Crippen MR) is 72.6 cm³/mol. The molecule has 1 N–H and O–H groups in total. The number of hydrogen-bond acceptors (Lipinski definition) is 5. The quantitative estimate of drug-likeness (QED) is 0.798. The Bertz CT molecular complexity index is 736. The van der Waals surface area contributed by atoms with Gasteiger partial charge in [0.25, 0.3) is 0 Å². The number of fused-ring (bicyclic) bond motifs is 1. The van der Waals surface area contributed by atoms with Crippen molar-refractivity contribution in [1.82, 2.24) is 14.1 Å². The molecule has 0 spiro atoms. The summed E-state index contributed by atoms with van der Waals surface area (Å²) in [7, 11) is -2.36. The largest absolute Gasteiger partial charge is 0.458 e. The van der Waals surface area contributed by atoms with E-state index in [1.54, 1.807) is 6.20 Å². The number of sulfonamides is 1. The molecule has 0 aliphatic carbocycles. The molecule has 2 rings (SSSR count). The SMILES string of the molecule is CNS(=O)(=O)CC(=O)OCc1cn2cccc(C)c2n1. The zero-order chi connectivity index (χ0) is 14.8. The van der Waals surface area contributed by atoms with Crippen LogP contribution in [0.3, 0.4) is 0 Å². The molecule has 20 heavy (non-hydrogen) atoms. The minimum Gasteiger partial charge on any atom is -0.458 e. The van der Waals surface area contributed by atoms with Crippen molar-refractivity contribution in [2.24, 2.45) is 0 Å². The summed E-state index contributed by atoms with van der Waals surface area (Å²) in [4.78, 5) is 15.7. The zero-order valence-electron chi connectivity index (χ0n) is 11.2. The smallest absolute Gasteiger partial charge is 0.322 e. The highest BCUT2D eigenvalue weighted by atomic mass is 32.2. The number of aryl methyl sites for hydroxylation is 1. The second-order valence-corrected chi connectivity index (χ2v) is 6.20. The highest BCUT2D eigenvalue weighted by Crippen LogP contribution is 2.10. The first-order valence-corrected chi connectivity index (χ1v) is 7.56. The van der Waals surface area contributed by atoms with E-state index in [0.29, 0.717) is 5.69 Å². The number of esters is 1. The molecule has 0 aromatic carbocycles. The first kappa shape index (κ1) is 14.5. The van der Waals surface area contributed by atoms with Gasteiger partial charge < -0.3 is 9.14 Å². The van der Waals surface area contributed by atoms with Crippen molar-refractivity contribution < 1.29 is 17.9 Å². The van der Waals surface area contributed by atoms with Crippen molar-refractivity contribution in [3.8, 4) is 0 Å². The van der Waals surface area contributed by atoms with Gasteiger partial charge in [0, 0.05) is 12.4 Å². The predicted octanol–water partition coefficient (Wildman–Crippen LogP) is 0.235. The van der Waals surface area contributed by atoms with E-state index in [4.69, 9.17) is 4.74 Å². The summed E-state index contributed by atoms with van der Waals surface area (Å²) in [5.74, 6) is -1.51. The van der Waals surface area contributed by atoms with Gasteiger partial charge in [-0.15, -0.1) is 0 Å². The maximum absolute atomic E-state index is 11.4. The topological polar surface area (TPSA) is 89.8 Å². The summed E-state index contributed by atoms with van der Waals surface area (Å²) in [5, 5.41) is 0. The molecule has 2 aromatic rings. The number of nitrogens with zero attached hydrogens (tertiary/aromatic N) is 2. The van der Waals surface area contributed by atoms with Gasteiger partial charge in [-0.05, 0) is 25.6 Å². The second kappa shape index (κ2) is 5.59. The van der Waals surface area contributed by atoms with E-state index < -0.39 is 21.7 Å². The Hall–Kier alpha value is -1.93. The van der Waals surface area contributed by atoms with Gasteiger partial charge in [0.1, 0.15) is 12.3 Å². The standard InChI is InChI=1S/C12H15N3O4S/c1-9-4-3-5-15-6-10(14-12(9)15)7-19-11(16)8-20(17,18)13-2/h3-6,13H,7-8H2,1-2H3. The van der Waals surface area contributed by atoms with Gasteiger partial charge in [-0.2, -0.15) is 0 Å². The molecule has 0 saturated heterocycles. The normalized spacial score (nSPS) is 11.7. The molecule has 108 valence electrons. The van der Waals surface area contributed by atoms with Gasteiger partial charge in [0.2, 0.25) is 10.0 Å². The highest BCUT2D eigenvalue weighted by molar-refractivity contribution is 7.90. The first-order valence-electron chi connectivity index (χ1n) is 5.91. The lowest BCUT2D eigenvalue weighted by Crippen LogP contribution is -2.28. The fraction of sp³-hybridized carbons (Fsp3) is 0.333. The van der Waals surface area contributed by atoms with Gasteiger partial charge in [0.05, 0.1) is 5.69 Å². The number of ether oxygens (including phenoxy) is 1. The third kappa shape index (κ3) is 3.34. The van der Waals surface area contributed by atoms with E-state index in [2.05, 4.69) is 9.71 Å². The number of hydrogen-bond donors (Lipinski definition) is 1. The molecule has 2 aromatic heterocycles. The Balaban J connectivity index is 2.03. The third-order valence-electron chi connectivity index (χ3n) is 2.73. The molecule has 2 heterocycles. The van der Waals surface area contributed by atoms with Crippen LogP contribution in [-0.4, -0.2) is 36.6 Å². The van der Waals surface area contributed by atoms with E-state index in [9.17, 15) is 13.2 Å². The fourth-order valence-corrected chi connectivity index (χ4v) is 2.24. The molecule has 0 atom stereocenters. The summed E-state index contributed by atoms with van der Waals surface area (Å²) >= 11 is 0. The Morgan fingerprint density at radius 3 is 2.90 bits per heavy atom. The average molecular weight is 297 g/mol.